The molecule has 5 aromatic rings. The van der Waals surface area contributed by atoms with E-state index in [0.29, 0.717) is 34.2 Å². The fraction of sp³-hybridized carbons (Fsp3) is 0.206. The van der Waals surface area contributed by atoms with Crippen LogP contribution in [-0.2, 0) is 22.0 Å². The highest BCUT2D eigenvalue weighted by atomic mass is 32.2. The van der Waals surface area contributed by atoms with E-state index in [1.807, 2.05) is 57.2 Å². The van der Waals surface area contributed by atoms with E-state index in [1.54, 1.807) is 42.5 Å². The summed E-state index contributed by atoms with van der Waals surface area (Å²) < 4.78 is 32.9. The molecule has 5 rings (SSSR count). The molecule has 0 saturated carbocycles. The monoisotopic (exact) mass is 657 g/mol. The van der Waals surface area contributed by atoms with Crippen LogP contribution >= 0.6 is 11.3 Å². The molecule has 4 N–H and O–H groups in total. The summed E-state index contributed by atoms with van der Waals surface area (Å²) in [6.45, 7) is 6.57. The maximum absolute atomic E-state index is 13.5. The second-order valence-electron chi connectivity index (χ2n) is 11.7. The normalized spacial score (nSPS) is 11.6. The van der Waals surface area contributed by atoms with Crippen molar-refractivity contribution in [3.63, 3.8) is 0 Å². The summed E-state index contributed by atoms with van der Waals surface area (Å²) in [5.74, 6) is 0.107. The van der Waals surface area contributed by atoms with E-state index in [2.05, 4.69) is 25.7 Å². The SMILES string of the molecule is COc1c(NC(=O)c2cc3cccc(NC(=O)c4ccc(NCc5ccccc5)nc4)c3s2)cc(C(C)(C)C)cc1NS(C)(=O)=O. The third-order valence-electron chi connectivity index (χ3n) is 7.06. The van der Waals surface area contributed by atoms with Gasteiger partial charge in [0.2, 0.25) is 10.0 Å². The zero-order valence-electron chi connectivity index (χ0n) is 26.1. The van der Waals surface area contributed by atoms with E-state index in [9.17, 15) is 18.0 Å². The van der Waals surface area contributed by atoms with Crippen LogP contribution in [0.5, 0.6) is 5.75 Å². The molecule has 0 aliphatic carbocycles. The van der Waals surface area contributed by atoms with Gasteiger partial charge in [0, 0.05) is 12.7 Å². The van der Waals surface area contributed by atoms with Crippen LogP contribution in [0.3, 0.4) is 0 Å². The Bertz CT molecular complexity index is 2000. The molecule has 2 aromatic heterocycles. The first kappa shape index (κ1) is 32.5. The Kier molecular flexibility index (Phi) is 9.31. The lowest BCUT2D eigenvalue weighted by Gasteiger charge is -2.23. The fourth-order valence-corrected chi connectivity index (χ4v) is 6.30. The molecule has 0 fully saturated rings. The van der Waals surface area contributed by atoms with Gasteiger partial charge in [0.25, 0.3) is 11.8 Å². The number of aromatic nitrogens is 1. The fourth-order valence-electron chi connectivity index (χ4n) is 4.72. The van der Waals surface area contributed by atoms with Gasteiger partial charge in [0.15, 0.2) is 5.75 Å². The molecule has 2 amide bonds. The number of amides is 2. The lowest BCUT2D eigenvalue weighted by atomic mass is 9.86. The van der Waals surface area contributed by atoms with E-state index in [0.717, 1.165) is 27.5 Å². The van der Waals surface area contributed by atoms with Gasteiger partial charge in [-0.3, -0.25) is 14.3 Å². The minimum Gasteiger partial charge on any atom is -0.492 e. The molecule has 46 heavy (non-hydrogen) atoms. The van der Waals surface area contributed by atoms with Gasteiger partial charge >= 0.3 is 0 Å². The van der Waals surface area contributed by atoms with Crippen LogP contribution in [0.2, 0.25) is 0 Å². The van der Waals surface area contributed by atoms with Crippen molar-refractivity contribution in [1.29, 1.82) is 0 Å². The first-order chi connectivity index (χ1) is 21.8. The van der Waals surface area contributed by atoms with Gasteiger partial charge in [0.1, 0.15) is 5.82 Å². The number of carbonyl (C=O) groups is 2. The van der Waals surface area contributed by atoms with E-state index >= 15 is 0 Å². The van der Waals surface area contributed by atoms with Crippen LogP contribution in [-0.4, -0.2) is 38.6 Å². The second-order valence-corrected chi connectivity index (χ2v) is 14.5. The highest BCUT2D eigenvalue weighted by Crippen LogP contribution is 2.40. The molecule has 10 nitrogen and oxygen atoms in total. The standard InChI is InChI=1S/C34H35N5O5S2/c1-34(2,3)24-17-26(30(44-4)27(18-24)39-46(5,42)43)38-33(41)28-16-22-12-9-13-25(31(22)45-28)37-32(40)23-14-15-29(36-20-23)35-19-21-10-7-6-8-11-21/h6-18,20,39H,19H2,1-5H3,(H,35,36)(H,37,40)(H,38,41). The molecule has 0 radical (unpaired) electrons. The van der Waals surface area contributed by atoms with Crippen LogP contribution in [0.15, 0.2) is 85.1 Å². The van der Waals surface area contributed by atoms with Crippen LogP contribution in [0.25, 0.3) is 10.1 Å². The molecule has 3 aromatic carbocycles. The Morgan fingerprint density at radius 1 is 0.870 bits per heavy atom. The Balaban J connectivity index is 1.35. The highest BCUT2D eigenvalue weighted by Gasteiger charge is 2.23. The van der Waals surface area contributed by atoms with Crippen molar-refractivity contribution >= 4 is 66.1 Å². The van der Waals surface area contributed by atoms with E-state index < -0.39 is 15.9 Å². The van der Waals surface area contributed by atoms with Crippen molar-refractivity contribution in [1.82, 2.24) is 4.98 Å². The van der Waals surface area contributed by atoms with Crippen molar-refractivity contribution in [2.75, 3.05) is 34.0 Å². The van der Waals surface area contributed by atoms with E-state index in [4.69, 9.17) is 4.74 Å². The zero-order chi connectivity index (χ0) is 33.1. The van der Waals surface area contributed by atoms with E-state index in [1.165, 1.54) is 24.6 Å². The number of rotatable bonds is 10. The molecule has 0 aliphatic rings. The van der Waals surface area contributed by atoms with Crippen molar-refractivity contribution in [2.45, 2.75) is 32.7 Å². The van der Waals surface area contributed by atoms with Gasteiger partial charge in [-0.05, 0) is 58.3 Å². The predicted octanol–water partition coefficient (Wildman–Crippen LogP) is 7.09. The van der Waals surface area contributed by atoms with Crippen molar-refractivity contribution in [3.8, 4) is 5.75 Å². The highest BCUT2D eigenvalue weighted by molar-refractivity contribution is 7.92. The number of nitrogens with one attached hydrogen (secondary N) is 4. The number of benzene rings is 3. The number of nitrogens with zero attached hydrogens (tertiary/aromatic N) is 1. The van der Waals surface area contributed by atoms with Crippen molar-refractivity contribution < 1.29 is 22.7 Å². The number of ether oxygens (including phenoxy) is 1. The summed E-state index contributed by atoms with van der Waals surface area (Å²) in [6.07, 6.45) is 2.57. The average molecular weight is 658 g/mol. The maximum atomic E-state index is 13.5. The number of methoxy groups -OCH3 is 1. The molecule has 0 aliphatic heterocycles. The molecular formula is C34H35N5O5S2. The Morgan fingerprint density at radius 3 is 2.24 bits per heavy atom. The summed E-state index contributed by atoms with van der Waals surface area (Å²) in [5.41, 5.74) is 3.07. The van der Waals surface area contributed by atoms with Crippen LogP contribution in [0, 0.1) is 0 Å². The van der Waals surface area contributed by atoms with Crippen LogP contribution in [0.1, 0.15) is 51.9 Å². The Labute approximate surface area is 272 Å². The van der Waals surface area contributed by atoms with Gasteiger partial charge in [-0.25, -0.2) is 13.4 Å². The number of sulfonamides is 1. The Hall–Kier alpha value is -4.94. The lowest BCUT2D eigenvalue weighted by Crippen LogP contribution is -2.18. The van der Waals surface area contributed by atoms with Crippen LogP contribution < -0.4 is 25.4 Å². The summed E-state index contributed by atoms with van der Waals surface area (Å²) in [4.78, 5) is 31.5. The molecule has 12 heteroatoms. The first-order valence-electron chi connectivity index (χ1n) is 14.4. The molecule has 0 spiro atoms. The Morgan fingerprint density at radius 2 is 1.59 bits per heavy atom. The van der Waals surface area contributed by atoms with Gasteiger partial charge in [-0.15, -0.1) is 11.3 Å². The number of hydrogen-bond acceptors (Lipinski definition) is 8. The molecule has 0 bridgehead atoms. The number of thiophene rings is 1. The second kappa shape index (κ2) is 13.2. The topological polar surface area (TPSA) is 139 Å². The molecule has 238 valence electrons. The number of hydrogen-bond donors (Lipinski definition) is 4. The summed E-state index contributed by atoms with van der Waals surface area (Å²) >= 11 is 1.23. The average Bonchev–Trinajstić information content (AvgIpc) is 3.45. The van der Waals surface area contributed by atoms with Crippen molar-refractivity contribution in [3.05, 3.63) is 107 Å². The third kappa shape index (κ3) is 7.82. The van der Waals surface area contributed by atoms with Gasteiger partial charge in [-0.1, -0.05) is 63.2 Å². The minimum atomic E-state index is -3.62. The molecular weight excluding hydrogens is 623 g/mol. The van der Waals surface area contributed by atoms with Gasteiger partial charge in [0.05, 0.1) is 45.6 Å². The zero-order valence-corrected chi connectivity index (χ0v) is 27.7. The number of pyridine rings is 1. The molecule has 0 atom stereocenters. The summed E-state index contributed by atoms with van der Waals surface area (Å²) in [6, 6.07) is 24.1. The predicted molar refractivity (Wildman–Crippen MR) is 186 cm³/mol. The summed E-state index contributed by atoms with van der Waals surface area (Å²) in [5, 5.41) is 9.87. The number of carbonyl (C=O) groups excluding carboxylic acids is 2. The summed E-state index contributed by atoms with van der Waals surface area (Å²) in [7, 11) is -2.21. The minimum absolute atomic E-state index is 0.190. The van der Waals surface area contributed by atoms with Gasteiger partial charge in [-0.2, -0.15) is 0 Å². The molecule has 0 unspecified atom stereocenters. The van der Waals surface area contributed by atoms with Crippen LogP contribution in [0.4, 0.5) is 22.9 Å². The smallest absolute Gasteiger partial charge is 0.265 e. The number of fused-ring (bicyclic) bond motifs is 1. The molecule has 0 saturated heterocycles. The first-order valence-corrected chi connectivity index (χ1v) is 17.1. The quantitative estimate of drug-likeness (QED) is 0.126. The van der Waals surface area contributed by atoms with Gasteiger partial charge < -0.3 is 20.7 Å². The lowest BCUT2D eigenvalue weighted by molar-refractivity contribution is 0.102. The van der Waals surface area contributed by atoms with Crippen molar-refractivity contribution in [2.24, 2.45) is 0 Å². The largest absolute Gasteiger partial charge is 0.492 e. The third-order valence-corrected chi connectivity index (χ3v) is 8.83. The molecule has 2 heterocycles. The number of anilines is 4. The maximum Gasteiger partial charge on any atom is 0.265 e. The van der Waals surface area contributed by atoms with E-state index in [-0.39, 0.29) is 22.8 Å².